The number of carbonyl (C=O) groups excluding carboxylic acids is 3. The second kappa shape index (κ2) is 12.1. The highest BCUT2D eigenvalue weighted by Gasteiger charge is 2.18. The third kappa shape index (κ3) is 7.64. The lowest BCUT2D eigenvalue weighted by Gasteiger charge is -2.15. The molecule has 8 nitrogen and oxygen atoms in total. The van der Waals surface area contributed by atoms with E-state index >= 15 is 0 Å². The van der Waals surface area contributed by atoms with Crippen LogP contribution in [0.4, 0.5) is 4.79 Å². The number of urea groups is 1. The molecular formula is C19H27ClN2O6. The Morgan fingerprint density at radius 2 is 1.86 bits per heavy atom. The summed E-state index contributed by atoms with van der Waals surface area (Å²) in [6.45, 7) is 7.63. The van der Waals surface area contributed by atoms with Crippen LogP contribution < -0.4 is 20.1 Å². The zero-order valence-corrected chi connectivity index (χ0v) is 17.4. The van der Waals surface area contributed by atoms with Gasteiger partial charge in [-0.25, -0.2) is 9.59 Å². The second-order valence-electron chi connectivity index (χ2n) is 5.97. The van der Waals surface area contributed by atoms with E-state index in [1.807, 2.05) is 13.8 Å². The standard InChI is InChI=1S/C19H27ClN2O6/c1-5-8-27-17-14(20)9-13(10-15(17)26-7-3)18(24)28-11-16(23)22-19(25)21-12(4)6-2/h9-10,12H,5-8,11H2,1-4H3,(H2,21,22,23,25)/t12-/m0/s1. The maximum absolute atomic E-state index is 12.2. The third-order valence-corrected chi connectivity index (χ3v) is 3.85. The number of carbonyl (C=O) groups is 3. The van der Waals surface area contributed by atoms with Crippen LogP contribution in [-0.2, 0) is 9.53 Å². The molecule has 0 aliphatic carbocycles. The van der Waals surface area contributed by atoms with Gasteiger partial charge in [0, 0.05) is 6.04 Å². The third-order valence-electron chi connectivity index (χ3n) is 3.57. The van der Waals surface area contributed by atoms with Gasteiger partial charge in [-0.3, -0.25) is 10.1 Å². The molecule has 0 spiro atoms. The minimum atomic E-state index is -0.776. The zero-order valence-electron chi connectivity index (χ0n) is 16.6. The lowest BCUT2D eigenvalue weighted by atomic mass is 10.2. The molecule has 0 aromatic heterocycles. The molecule has 0 radical (unpaired) electrons. The Morgan fingerprint density at radius 3 is 2.46 bits per heavy atom. The Hall–Kier alpha value is -2.48. The molecule has 0 bridgehead atoms. The fourth-order valence-electron chi connectivity index (χ4n) is 2.03. The molecule has 28 heavy (non-hydrogen) atoms. The normalized spacial score (nSPS) is 11.3. The minimum Gasteiger partial charge on any atom is -0.490 e. The summed E-state index contributed by atoms with van der Waals surface area (Å²) in [6.07, 6.45) is 1.50. The molecule has 1 rings (SSSR count). The van der Waals surface area contributed by atoms with Crippen molar-refractivity contribution in [3.05, 3.63) is 22.7 Å². The van der Waals surface area contributed by atoms with Crippen molar-refractivity contribution in [2.75, 3.05) is 19.8 Å². The summed E-state index contributed by atoms with van der Waals surface area (Å²) in [5, 5.41) is 4.86. The van der Waals surface area contributed by atoms with Gasteiger partial charge in [0.05, 0.1) is 23.8 Å². The van der Waals surface area contributed by atoms with Crippen LogP contribution in [0.2, 0.25) is 5.02 Å². The van der Waals surface area contributed by atoms with Gasteiger partial charge in [0.15, 0.2) is 18.1 Å². The van der Waals surface area contributed by atoms with Crippen LogP contribution in [-0.4, -0.2) is 43.8 Å². The maximum atomic E-state index is 12.2. The molecular weight excluding hydrogens is 388 g/mol. The van der Waals surface area contributed by atoms with Crippen LogP contribution in [0, 0.1) is 0 Å². The van der Waals surface area contributed by atoms with E-state index in [1.165, 1.54) is 12.1 Å². The van der Waals surface area contributed by atoms with Gasteiger partial charge < -0.3 is 19.5 Å². The number of esters is 1. The van der Waals surface area contributed by atoms with Crippen LogP contribution in [0.15, 0.2) is 12.1 Å². The van der Waals surface area contributed by atoms with E-state index in [0.717, 1.165) is 12.8 Å². The zero-order chi connectivity index (χ0) is 21.1. The molecule has 1 atom stereocenters. The number of nitrogens with one attached hydrogen (secondary N) is 2. The smallest absolute Gasteiger partial charge is 0.338 e. The van der Waals surface area contributed by atoms with E-state index in [2.05, 4.69) is 10.6 Å². The maximum Gasteiger partial charge on any atom is 0.338 e. The number of amides is 3. The minimum absolute atomic E-state index is 0.0806. The summed E-state index contributed by atoms with van der Waals surface area (Å²) in [5.74, 6) is -0.857. The van der Waals surface area contributed by atoms with Gasteiger partial charge in [0.25, 0.3) is 5.91 Å². The number of imide groups is 1. The van der Waals surface area contributed by atoms with Crippen molar-refractivity contribution < 1.29 is 28.6 Å². The van der Waals surface area contributed by atoms with Crippen molar-refractivity contribution in [3.8, 4) is 11.5 Å². The van der Waals surface area contributed by atoms with Crippen molar-refractivity contribution in [1.82, 2.24) is 10.6 Å². The summed E-state index contributed by atoms with van der Waals surface area (Å²) in [5.41, 5.74) is 0.106. The van der Waals surface area contributed by atoms with Crippen molar-refractivity contribution in [3.63, 3.8) is 0 Å². The van der Waals surface area contributed by atoms with Gasteiger partial charge in [0.1, 0.15) is 0 Å². The van der Waals surface area contributed by atoms with Crippen LogP contribution in [0.5, 0.6) is 11.5 Å². The summed E-state index contributed by atoms with van der Waals surface area (Å²) in [7, 11) is 0. The first-order valence-electron chi connectivity index (χ1n) is 9.18. The Morgan fingerprint density at radius 1 is 1.14 bits per heavy atom. The Kier molecular flexibility index (Phi) is 10.2. The lowest BCUT2D eigenvalue weighted by Crippen LogP contribution is -2.44. The molecule has 1 aromatic carbocycles. The summed E-state index contributed by atoms with van der Waals surface area (Å²) >= 11 is 6.20. The molecule has 9 heteroatoms. The quantitative estimate of drug-likeness (QED) is 0.569. The summed E-state index contributed by atoms with van der Waals surface area (Å²) in [6, 6.07) is 2.10. The predicted octanol–water partition coefficient (Wildman–Crippen LogP) is 3.31. The number of benzene rings is 1. The van der Waals surface area contributed by atoms with Crippen LogP contribution in [0.3, 0.4) is 0 Å². The number of hydrogen-bond acceptors (Lipinski definition) is 6. The van der Waals surface area contributed by atoms with Crippen LogP contribution >= 0.6 is 11.6 Å². The van der Waals surface area contributed by atoms with E-state index < -0.39 is 24.5 Å². The van der Waals surface area contributed by atoms with Crippen molar-refractivity contribution >= 4 is 29.5 Å². The topological polar surface area (TPSA) is 103 Å². The van der Waals surface area contributed by atoms with Gasteiger partial charge in [-0.05, 0) is 38.8 Å². The van der Waals surface area contributed by atoms with Gasteiger partial charge in [-0.1, -0.05) is 25.4 Å². The largest absolute Gasteiger partial charge is 0.490 e. The first kappa shape index (κ1) is 23.6. The van der Waals surface area contributed by atoms with E-state index in [-0.39, 0.29) is 16.6 Å². The fraction of sp³-hybridized carbons (Fsp3) is 0.526. The van der Waals surface area contributed by atoms with Crippen LogP contribution in [0.1, 0.15) is 50.9 Å². The van der Waals surface area contributed by atoms with Gasteiger partial charge in [-0.15, -0.1) is 0 Å². The molecule has 156 valence electrons. The molecule has 0 aliphatic rings. The highest BCUT2D eigenvalue weighted by Crippen LogP contribution is 2.37. The summed E-state index contributed by atoms with van der Waals surface area (Å²) in [4.78, 5) is 35.6. The first-order valence-corrected chi connectivity index (χ1v) is 9.56. The number of ether oxygens (including phenoxy) is 3. The molecule has 0 aliphatic heterocycles. The van der Waals surface area contributed by atoms with Gasteiger partial charge in [0.2, 0.25) is 0 Å². The number of rotatable bonds is 10. The number of hydrogen-bond donors (Lipinski definition) is 2. The average molecular weight is 415 g/mol. The second-order valence-corrected chi connectivity index (χ2v) is 6.38. The van der Waals surface area contributed by atoms with Gasteiger partial charge >= 0.3 is 12.0 Å². The molecule has 0 heterocycles. The van der Waals surface area contributed by atoms with Crippen molar-refractivity contribution in [2.24, 2.45) is 0 Å². The van der Waals surface area contributed by atoms with Crippen molar-refractivity contribution in [2.45, 2.75) is 46.6 Å². The number of halogens is 1. The monoisotopic (exact) mass is 414 g/mol. The molecule has 2 N–H and O–H groups in total. The fourth-order valence-corrected chi connectivity index (χ4v) is 2.30. The van der Waals surface area contributed by atoms with E-state index in [1.54, 1.807) is 13.8 Å². The van der Waals surface area contributed by atoms with E-state index in [0.29, 0.717) is 24.7 Å². The molecule has 0 saturated heterocycles. The van der Waals surface area contributed by atoms with Crippen LogP contribution in [0.25, 0.3) is 0 Å². The molecule has 0 unspecified atom stereocenters. The molecule has 1 aromatic rings. The first-order chi connectivity index (χ1) is 13.3. The lowest BCUT2D eigenvalue weighted by molar-refractivity contribution is -0.123. The Labute approximate surface area is 169 Å². The van der Waals surface area contributed by atoms with Gasteiger partial charge in [-0.2, -0.15) is 0 Å². The highest BCUT2D eigenvalue weighted by molar-refractivity contribution is 6.32. The van der Waals surface area contributed by atoms with E-state index in [4.69, 9.17) is 25.8 Å². The highest BCUT2D eigenvalue weighted by atomic mass is 35.5. The molecule has 0 saturated carbocycles. The summed E-state index contributed by atoms with van der Waals surface area (Å²) < 4.78 is 16.0. The SMILES string of the molecule is CCCOc1c(Cl)cc(C(=O)OCC(=O)NC(=O)N[C@@H](C)CC)cc1OCC. The van der Waals surface area contributed by atoms with Crippen molar-refractivity contribution in [1.29, 1.82) is 0 Å². The Balaban J connectivity index is 2.73. The predicted molar refractivity (Wildman–Crippen MR) is 105 cm³/mol. The molecule has 0 fully saturated rings. The Bertz CT molecular complexity index is 695. The van der Waals surface area contributed by atoms with E-state index in [9.17, 15) is 14.4 Å². The molecule has 3 amide bonds. The average Bonchev–Trinajstić information content (AvgIpc) is 2.65.